The van der Waals surface area contributed by atoms with E-state index < -0.39 is 45.7 Å². The largest absolute Gasteiger partial charge is 0.505 e. The Balaban J connectivity index is 2.33. The molecule has 0 aliphatic carbocycles. The van der Waals surface area contributed by atoms with Crippen molar-refractivity contribution in [2.75, 3.05) is 0 Å². The first-order valence-corrected chi connectivity index (χ1v) is 9.08. The summed E-state index contributed by atoms with van der Waals surface area (Å²) in [5, 5.41) is 9.67. The van der Waals surface area contributed by atoms with Crippen LogP contribution in [0, 0.1) is 0 Å². The molecule has 0 saturated heterocycles. The molecule has 2 aromatic carbocycles. The van der Waals surface area contributed by atoms with Gasteiger partial charge < -0.3 is 5.11 Å². The number of benzene rings is 2. The molecule has 2 aromatic rings. The summed E-state index contributed by atoms with van der Waals surface area (Å²) in [5.41, 5.74) is 0.386. The Morgan fingerprint density at radius 3 is 2.32 bits per heavy atom. The van der Waals surface area contributed by atoms with Crippen LogP contribution in [-0.4, -0.2) is 19.7 Å². The molecule has 0 aliphatic rings. The SMILES string of the molecule is O=S(=O)(NC(CCC(F)(F)F)c1ccccc1)c1cccc(Cl)c1O. The van der Waals surface area contributed by atoms with E-state index in [9.17, 15) is 26.7 Å². The number of nitrogens with one attached hydrogen (secondary N) is 1. The summed E-state index contributed by atoms with van der Waals surface area (Å²) in [6.45, 7) is 0. The molecule has 136 valence electrons. The van der Waals surface area contributed by atoms with Gasteiger partial charge in [0, 0.05) is 12.5 Å². The van der Waals surface area contributed by atoms with Crippen LogP contribution < -0.4 is 4.72 Å². The average Bonchev–Trinajstić information content (AvgIpc) is 2.54. The van der Waals surface area contributed by atoms with Crippen molar-refractivity contribution in [2.24, 2.45) is 0 Å². The Kier molecular flexibility index (Phi) is 5.97. The lowest BCUT2D eigenvalue weighted by Crippen LogP contribution is -2.30. The minimum Gasteiger partial charge on any atom is -0.505 e. The summed E-state index contributed by atoms with van der Waals surface area (Å²) >= 11 is 5.70. The number of rotatable bonds is 6. The molecule has 0 aromatic heterocycles. The predicted octanol–water partition coefficient (Wildman–Crippen LogP) is 4.41. The van der Waals surface area contributed by atoms with Gasteiger partial charge in [0.1, 0.15) is 4.90 Å². The number of aromatic hydroxyl groups is 1. The Morgan fingerprint density at radius 2 is 1.72 bits per heavy atom. The zero-order chi connectivity index (χ0) is 18.7. The Bertz CT molecular complexity index is 826. The lowest BCUT2D eigenvalue weighted by atomic mass is 10.0. The fraction of sp³-hybridized carbons (Fsp3) is 0.250. The number of para-hydroxylation sites is 1. The number of halogens is 4. The molecule has 4 nitrogen and oxygen atoms in total. The standard InChI is InChI=1S/C16H15ClF3NO3S/c17-12-7-4-8-14(15(12)22)25(23,24)21-13(9-10-16(18,19)20)11-5-2-1-3-6-11/h1-8,13,21-22H,9-10H2. The topological polar surface area (TPSA) is 66.4 Å². The first kappa shape index (κ1) is 19.6. The Labute approximate surface area is 148 Å². The lowest BCUT2D eigenvalue weighted by Gasteiger charge is -2.20. The zero-order valence-corrected chi connectivity index (χ0v) is 14.4. The monoisotopic (exact) mass is 393 g/mol. The van der Waals surface area contributed by atoms with Gasteiger partial charge in [0.25, 0.3) is 0 Å². The van der Waals surface area contributed by atoms with Crippen LogP contribution in [0.3, 0.4) is 0 Å². The summed E-state index contributed by atoms with van der Waals surface area (Å²) in [6.07, 6.45) is -6.05. The van der Waals surface area contributed by atoms with Gasteiger partial charge in [-0.2, -0.15) is 13.2 Å². The number of alkyl halides is 3. The third-order valence-corrected chi connectivity index (χ3v) is 5.26. The summed E-state index contributed by atoms with van der Waals surface area (Å²) in [6, 6.07) is 10.6. The second-order valence-electron chi connectivity index (χ2n) is 5.32. The minimum atomic E-state index is -4.42. The lowest BCUT2D eigenvalue weighted by molar-refractivity contribution is -0.136. The highest BCUT2D eigenvalue weighted by Crippen LogP contribution is 2.33. The second kappa shape index (κ2) is 7.63. The molecule has 9 heteroatoms. The van der Waals surface area contributed by atoms with Crippen LogP contribution in [0.15, 0.2) is 53.4 Å². The average molecular weight is 394 g/mol. The molecule has 0 heterocycles. The van der Waals surface area contributed by atoms with Crippen molar-refractivity contribution in [3.63, 3.8) is 0 Å². The normalized spacial score (nSPS) is 13.6. The molecule has 2 rings (SSSR count). The maximum atomic E-state index is 12.6. The van der Waals surface area contributed by atoms with E-state index in [0.29, 0.717) is 5.56 Å². The molecule has 0 spiro atoms. The molecule has 0 saturated carbocycles. The van der Waals surface area contributed by atoms with Crippen molar-refractivity contribution in [2.45, 2.75) is 30.0 Å². The molecule has 1 atom stereocenters. The zero-order valence-electron chi connectivity index (χ0n) is 12.8. The molecule has 25 heavy (non-hydrogen) atoms. The van der Waals surface area contributed by atoms with Crippen LogP contribution in [-0.2, 0) is 10.0 Å². The highest BCUT2D eigenvalue weighted by atomic mass is 35.5. The number of hydrogen-bond acceptors (Lipinski definition) is 3. The predicted molar refractivity (Wildman–Crippen MR) is 87.9 cm³/mol. The third kappa shape index (κ3) is 5.35. The van der Waals surface area contributed by atoms with E-state index in [1.54, 1.807) is 18.2 Å². The first-order valence-electron chi connectivity index (χ1n) is 7.21. The maximum absolute atomic E-state index is 12.6. The molecule has 0 bridgehead atoms. The van der Waals surface area contributed by atoms with E-state index in [-0.39, 0.29) is 5.02 Å². The van der Waals surface area contributed by atoms with Crippen molar-refractivity contribution in [3.8, 4) is 5.75 Å². The van der Waals surface area contributed by atoms with Gasteiger partial charge in [-0.3, -0.25) is 0 Å². The fourth-order valence-corrected chi connectivity index (χ4v) is 3.86. The van der Waals surface area contributed by atoms with Crippen LogP contribution in [0.1, 0.15) is 24.4 Å². The fourth-order valence-electron chi connectivity index (χ4n) is 2.25. The van der Waals surface area contributed by atoms with Gasteiger partial charge in [-0.25, -0.2) is 13.1 Å². The Morgan fingerprint density at radius 1 is 1.08 bits per heavy atom. The molecule has 0 radical (unpaired) electrons. The molecule has 0 amide bonds. The van der Waals surface area contributed by atoms with Gasteiger partial charge in [0.2, 0.25) is 10.0 Å². The number of hydrogen-bond donors (Lipinski definition) is 2. The highest BCUT2D eigenvalue weighted by molar-refractivity contribution is 7.89. The van der Waals surface area contributed by atoms with Gasteiger partial charge in [-0.1, -0.05) is 48.0 Å². The molecular formula is C16H15ClF3NO3S. The summed E-state index contributed by atoms with van der Waals surface area (Å²) in [7, 11) is -4.28. The van der Waals surface area contributed by atoms with E-state index >= 15 is 0 Å². The van der Waals surface area contributed by atoms with Gasteiger partial charge in [-0.05, 0) is 24.1 Å². The third-order valence-electron chi connectivity index (χ3n) is 3.46. The van der Waals surface area contributed by atoms with Crippen LogP contribution in [0.4, 0.5) is 13.2 Å². The van der Waals surface area contributed by atoms with Gasteiger partial charge in [-0.15, -0.1) is 0 Å². The summed E-state index contributed by atoms with van der Waals surface area (Å²) in [4.78, 5) is -0.493. The van der Waals surface area contributed by atoms with E-state index in [0.717, 1.165) is 6.07 Å². The van der Waals surface area contributed by atoms with Crippen LogP contribution in [0.5, 0.6) is 5.75 Å². The van der Waals surface area contributed by atoms with E-state index in [2.05, 4.69) is 4.72 Å². The molecule has 2 N–H and O–H groups in total. The first-order chi connectivity index (χ1) is 11.6. The smallest absolute Gasteiger partial charge is 0.389 e. The van der Waals surface area contributed by atoms with Gasteiger partial charge in [0.05, 0.1) is 5.02 Å². The maximum Gasteiger partial charge on any atom is 0.389 e. The van der Waals surface area contributed by atoms with Gasteiger partial charge in [0.15, 0.2) is 5.75 Å². The van der Waals surface area contributed by atoms with Crippen molar-refractivity contribution in [1.82, 2.24) is 4.72 Å². The van der Waals surface area contributed by atoms with E-state index in [1.165, 1.54) is 24.3 Å². The Hall–Kier alpha value is -1.77. The molecular weight excluding hydrogens is 379 g/mol. The number of phenols is 1. The van der Waals surface area contributed by atoms with Crippen molar-refractivity contribution < 1.29 is 26.7 Å². The second-order valence-corrected chi connectivity index (χ2v) is 7.41. The van der Waals surface area contributed by atoms with E-state index in [4.69, 9.17) is 11.6 Å². The molecule has 1 unspecified atom stereocenters. The minimum absolute atomic E-state index is 0.172. The number of phenolic OH excluding ortho intramolecular Hbond substituents is 1. The van der Waals surface area contributed by atoms with E-state index in [1.807, 2.05) is 0 Å². The highest BCUT2D eigenvalue weighted by Gasteiger charge is 2.31. The number of sulfonamides is 1. The quantitative estimate of drug-likeness (QED) is 0.764. The molecule has 0 aliphatic heterocycles. The van der Waals surface area contributed by atoms with Crippen molar-refractivity contribution >= 4 is 21.6 Å². The summed E-state index contributed by atoms with van der Waals surface area (Å²) < 4.78 is 64.9. The van der Waals surface area contributed by atoms with Crippen LogP contribution >= 0.6 is 11.6 Å². The van der Waals surface area contributed by atoms with Crippen molar-refractivity contribution in [1.29, 1.82) is 0 Å². The van der Waals surface area contributed by atoms with Gasteiger partial charge >= 0.3 is 6.18 Å². The van der Waals surface area contributed by atoms with Crippen LogP contribution in [0.25, 0.3) is 0 Å². The molecule has 0 fully saturated rings. The summed E-state index contributed by atoms with van der Waals surface area (Å²) in [5.74, 6) is -0.653. The van der Waals surface area contributed by atoms with Crippen molar-refractivity contribution in [3.05, 3.63) is 59.1 Å². The van der Waals surface area contributed by atoms with Crippen LogP contribution in [0.2, 0.25) is 5.02 Å².